The highest BCUT2D eigenvalue weighted by Crippen LogP contribution is 2.23. The lowest BCUT2D eigenvalue weighted by Crippen LogP contribution is -2.10. The minimum absolute atomic E-state index is 0.0986. The van der Waals surface area contributed by atoms with Gasteiger partial charge in [-0.15, -0.1) is 0 Å². The molecule has 0 aromatic heterocycles. The molecule has 5 heteroatoms. The van der Waals surface area contributed by atoms with Crippen molar-refractivity contribution in [3.05, 3.63) is 64.7 Å². The molecule has 0 aliphatic heterocycles. The van der Waals surface area contributed by atoms with Crippen molar-refractivity contribution in [3.63, 3.8) is 0 Å². The van der Waals surface area contributed by atoms with Crippen molar-refractivity contribution in [2.45, 2.75) is 0 Å². The number of hydrogen-bond acceptors (Lipinski definition) is 2. The predicted molar refractivity (Wildman–Crippen MR) is 76.8 cm³/mol. The van der Waals surface area contributed by atoms with E-state index >= 15 is 0 Å². The van der Waals surface area contributed by atoms with Crippen LogP contribution in [0.25, 0.3) is 12.2 Å². The molecule has 2 aromatic rings. The van der Waals surface area contributed by atoms with Crippen LogP contribution >= 0.6 is 0 Å². The van der Waals surface area contributed by atoms with E-state index in [0.29, 0.717) is 16.9 Å². The van der Waals surface area contributed by atoms with Crippen molar-refractivity contribution < 1.29 is 18.3 Å². The summed E-state index contributed by atoms with van der Waals surface area (Å²) in [5.74, 6) is -1.94. The van der Waals surface area contributed by atoms with E-state index in [0.717, 1.165) is 6.07 Å². The number of hydrogen-bond donors (Lipinski definition) is 1. The number of ether oxygens (including phenoxy) is 1. The van der Waals surface area contributed by atoms with E-state index in [-0.39, 0.29) is 5.56 Å². The number of halogens is 2. The topological polar surface area (TPSA) is 52.3 Å². The van der Waals surface area contributed by atoms with Gasteiger partial charge in [-0.25, -0.2) is 8.78 Å². The van der Waals surface area contributed by atoms with Crippen LogP contribution in [0, 0.1) is 11.6 Å². The summed E-state index contributed by atoms with van der Waals surface area (Å²) < 4.78 is 31.8. The van der Waals surface area contributed by atoms with Crippen LogP contribution in [0.3, 0.4) is 0 Å². The van der Waals surface area contributed by atoms with Crippen LogP contribution < -0.4 is 10.5 Å². The molecule has 0 atom stereocenters. The van der Waals surface area contributed by atoms with E-state index in [9.17, 15) is 13.6 Å². The SMILES string of the molecule is COc1ccc(C(N)=O)cc1/C=C/c1cccc(F)c1F. The van der Waals surface area contributed by atoms with Gasteiger partial charge in [-0.2, -0.15) is 0 Å². The van der Waals surface area contributed by atoms with Crippen molar-refractivity contribution in [1.29, 1.82) is 0 Å². The fraction of sp³-hybridized carbons (Fsp3) is 0.0625. The summed E-state index contributed by atoms with van der Waals surface area (Å²) in [7, 11) is 1.47. The molecule has 0 aliphatic rings. The van der Waals surface area contributed by atoms with Crippen LogP contribution in [0.15, 0.2) is 36.4 Å². The van der Waals surface area contributed by atoms with Crippen LogP contribution in [-0.4, -0.2) is 13.0 Å². The van der Waals surface area contributed by atoms with Gasteiger partial charge in [0.15, 0.2) is 11.6 Å². The van der Waals surface area contributed by atoms with E-state index in [1.807, 2.05) is 0 Å². The maximum absolute atomic E-state index is 13.6. The molecule has 2 rings (SSSR count). The van der Waals surface area contributed by atoms with Crippen molar-refractivity contribution in [2.75, 3.05) is 7.11 Å². The van der Waals surface area contributed by atoms with E-state index in [1.165, 1.54) is 43.5 Å². The summed E-state index contributed by atoms with van der Waals surface area (Å²) in [5, 5.41) is 0. The molecule has 3 nitrogen and oxygen atoms in total. The highest BCUT2D eigenvalue weighted by molar-refractivity contribution is 5.94. The molecule has 0 spiro atoms. The molecule has 0 saturated heterocycles. The average Bonchev–Trinajstić information content (AvgIpc) is 2.48. The summed E-state index contributed by atoms with van der Waals surface area (Å²) >= 11 is 0. The van der Waals surface area contributed by atoms with Gasteiger partial charge >= 0.3 is 0 Å². The molecule has 0 aliphatic carbocycles. The van der Waals surface area contributed by atoms with Gasteiger partial charge in [-0.3, -0.25) is 4.79 Å². The molecule has 0 heterocycles. The molecule has 0 radical (unpaired) electrons. The predicted octanol–water partition coefficient (Wildman–Crippen LogP) is 3.24. The van der Waals surface area contributed by atoms with E-state index in [2.05, 4.69) is 0 Å². The Bertz CT molecular complexity index is 711. The molecule has 1 amide bonds. The second kappa shape index (κ2) is 6.17. The first-order valence-electron chi connectivity index (χ1n) is 6.13. The largest absolute Gasteiger partial charge is 0.496 e. The van der Waals surface area contributed by atoms with Crippen molar-refractivity contribution in [2.24, 2.45) is 5.73 Å². The van der Waals surface area contributed by atoms with Gasteiger partial charge in [-0.1, -0.05) is 24.3 Å². The Balaban J connectivity index is 2.42. The molecule has 21 heavy (non-hydrogen) atoms. The Kier molecular flexibility index (Phi) is 4.33. The van der Waals surface area contributed by atoms with E-state index in [1.54, 1.807) is 6.07 Å². The molecule has 2 N–H and O–H groups in total. The number of amides is 1. The highest BCUT2D eigenvalue weighted by atomic mass is 19.2. The number of carbonyl (C=O) groups excluding carboxylic acids is 1. The first-order valence-corrected chi connectivity index (χ1v) is 6.13. The summed E-state index contributed by atoms with van der Waals surface area (Å²) in [6, 6.07) is 8.54. The van der Waals surface area contributed by atoms with Crippen LogP contribution in [0.5, 0.6) is 5.75 Å². The Morgan fingerprint density at radius 3 is 2.52 bits per heavy atom. The van der Waals surface area contributed by atoms with Gasteiger partial charge < -0.3 is 10.5 Å². The van der Waals surface area contributed by atoms with Crippen LogP contribution in [0.2, 0.25) is 0 Å². The highest BCUT2D eigenvalue weighted by Gasteiger charge is 2.07. The van der Waals surface area contributed by atoms with Crippen LogP contribution in [0.4, 0.5) is 8.78 Å². The summed E-state index contributed by atoms with van der Waals surface area (Å²) in [5.41, 5.74) is 6.15. The summed E-state index contributed by atoms with van der Waals surface area (Å²) in [6.45, 7) is 0. The van der Waals surface area contributed by atoms with Gasteiger partial charge in [0.25, 0.3) is 0 Å². The Hall–Kier alpha value is -2.69. The Morgan fingerprint density at radius 2 is 1.86 bits per heavy atom. The summed E-state index contributed by atoms with van der Waals surface area (Å²) in [6.07, 6.45) is 2.93. The van der Waals surface area contributed by atoms with Gasteiger partial charge in [0.05, 0.1) is 7.11 Å². The standard InChI is InChI=1S/C16H13F2NO2/c1-21-14-8-7-12(16(19)20)9-11(14)6-5-10-3-2-4-13(17)15(10)18/h2-9H,1H3,(H2,19,20)/b6-5+. The first kappa shape index (κ1) is 14.7. The smallest absolute Gasteiger partial charge is 0.248 e. The van der Waals surface area contributed by atoms with Crippen molar-refractivity contribution in [1.82, 2.24) is 0 Å². The third-order valence-corrected chi connectivity index (χ3v) is 2.94. The molecule has 2 aromatic carbocycles. The molecular formula is C16H13F2NO2. The lowest BCUT2D eigenvalue weighted by atomic mass is 10.1. The van der Waals surface area contributed by atoms with Crippen molar-refractivity contribution in [3.8, 4) is 5.75 Å². The number of methoxy groups -OCH3 is 1. The quantitative estimate of drug-likeness (QED) is 0.878. The number of benzene rings is 2. The number of carbonyl (C=O) groups is 1. The van der Waals surface area contributed by atoms with Crippen molar-refractivity contribution >= 4 is 18.1 Å². The zero-order chi connectivity index (χ0) is 15.4. The average molecular weight is 289 g/mol. The maximum Gasteiger partial charge on any atom is 0.248 e. The minimum Gasteiger partial charge on any atom is -0.496 e. The monoisotopic (exact) mass is 289 g/mol. The molecular weight excluding hydrogens is 276 g/mol. The number of rotatable bonds is 4. The molecule has 0 saturated carbocycles. The molecule has 108 valence electrons. The van der Waals surface area contributed by atoms with Crippen LogP contribution in [0.1, 0.15) is 21.5 Å². The fourth-order valence-electron chi connectivity index (χ4n) is 1.85. The van der Waals surface area contributed by atoms with Gasteiger partial charge in [0.1, 0.15) is 5.75 Å². The molecule has 0 bridgehead atoms. The van der Waals surface area contributed by atoms with E-state index < -0.39 is 17.5 Å². The summed E-state index contributed by atoms with van der Waals surface area (Å²) in [4.78, 5) is 11.2. The maximum atomic E-state index is 13.6. The lowest BCUT2D eigenvalue weighted by Gasteiger charge is -2.06. The zero-order valence-corrected chi connectivity index (χ0v) is 11.3. The minimum atomic E-state index is -0.932. The fourth-order valence-corrected chi connectivity index (χ4v) is 1.85. The second-order valence-corrected chi connectivity index (χ2v) is 4.30. The Morgan fingerprint density at radius 1 is 1.14 bits per heavy atom. The second-order valence-electron chi connectivity index (χ2n) is 4.30. The van der Waals surface area contributed by atoms with Crippen LogP contribution in [-0.2, 0) is 0 Å². The van der Waals surface area contributed by atoms with Gasteiger partial charge in [0.2, 0.25) is 5.91 Å². The van der Waals surface area contributed by atoms with E-state index in [4.69, 9.17) is 10.5 Å². The van der Waals surface area contributed by atoms with Gasteiger partial charge in [0, 0.05) is 16.7 Å². The molecule has 0 fully saturated rings. The van der Waals surface area contributed by atoms with Gasteiger partial charge in [-0.05, 0) is 24.3 Å². The zero-order valence-electron chi connectivity index (χ0n) is 11.3. The molecule has 0 unspecified atom stereocenters. The number of nitrogens with two attached hydrogens (primary N) is 1. The normalized spacial score (nSPS) is 10.8. The number of primary amides is 1. The lowest BCUT2D eigenvalue weighted by molar-refractivity contribution is 0.1000. The third kappa shape index (κ3) is 3.25. The Labute approximate surface area is 120 Å². The third-order valence-electron chi connectivity index (χ3n) is 2.94. The first-order chi connectivity index (χ1) is 10.0.